The highest BCUT2D eigenvalue weighted by Crippen LogP contribution is 2.19. The topological polar surface area (TPSA) is 432 Å². The summed E-state index contributed by atoms with van der Waals surface area (Å²) in [6.07, 6.45) is 1.84. The SMILES string of the molecule is NC(=O)CC[C@H](N)C(=O)N[C@@H](CCCN=C(N)N)C(=O)N[C@@H](CCCN=C(N)N)C(=O)N[C@@H](CCCN=C(N)N)C(=O)N[C@@H](Cc1c[nH]c2ccccc12)C(=O)O. The number of nitrogens with one attached hydrogen (secondary N) is 5. The number of amides is 5. The fourth-order valence-electron chi connectivity index (χ4n) is 5.56. The summed E-state index contributed by atoms with van der Waals surface area (Å²) in [6, 6.07) is 0.803. The lowest BCUT2D eigenvalue weighted by molar-refractivity contribution is -0.142. The van der Waals surface area contributed by atoms with Crippen molar-refractivity contribution in [2.45, 2.75) is 88.0 Å². The minimum absolute atomic E-state index is 0.00204. The van der Waals surface area contributed by atoms with Crippen LogP contribution in [-0.4, -0.2) is 113 Å². The summed E-state index contributed by atoms with van der Waals surface area (Å²) in [6.45, 7) is 0.263. The number of carbonyl (C=O) groups is 6. The van der Waals surface area contributed by atoms with Gasteiger partial charge in [-0.1, -0.05) is 18.2 Å². The van der Waals surface area contributed by atoms with Crippen LogP contribution in [0.2, 0.25) is 0 Å². The Labute approximate surface area is 328 Å². The number of aromatic amines is 1. The van der Waals surface area contributed by atoms with Crippen LogP contribution in [0.15, 0.2) is 45.4 Å². The molecule has 1 aromatic heterocycles. The van der Waals surface area contributed by atoms with E-state index in [-0.39, 0.29) is 95.3 Å². The average molecular weight is 801 g/mol. The van der Waals surface area contributed by atoms with Crippen LogP contribution in [0.5, 0.6) is 0 Å². The van der Waals surface area contributed by atoms with Crippen molar-refractivity contribution in [3.05, 3.63) is 36.0 Å². The van der Waals surface area contributed by atoms with Gasteiger partial charge in [0.2, 0.25) is 29.5 Å². The minimum atomic E-state index is -1.39. The Morgan fingerprint density at radius 1 is 0.614 bits per heavy atom. The lowest BCUT2D eigenvalue weighted by Crippen LogP contribution is -2.58. The second-order valence-electron chi connectivity index (χ2n) is 13.1. The van der Waals surface area contributed by atoms with E-state index in [0.717, 1.165) is 10.9 Å². The Kier molecular flexibility index (Phi) is 19.6. The van der Waals surface area contributed by atoms with Crippen LogP contribution >= 0.6 is 0 Å². The Balaban J connectivity index is 2.36. The molecule has 2 aromatic rings. The molecule has 0 saturated carbocycles. The van der Waals surface area contributed by atoms with Crippen molar-refractivity contribution >= 4 is 64.3 Å². The molecule has 0 bridgehead atoms. The number of benzene rings is 1. The van der Waals surface area contributed by atoms with Crippen LogP contribution in [0.4, 0.5) is 0 Å². The molecule has 2 rings (SSSR count). The largest absolute Gasteiger partial charge is 0.480 e. The highest BCUT2D eigenvalue weighted by atomic mass is 16.4. The van der Waals surface area contributed by atoms with Gasteiger partial charge in [0.1, 0.15) is 24.2 Å². The number of aliphatic imine (C=N–C) groups is 3. The maximum Gasteiger partial charge on any atom is 0.326 e. The number of aromatic nitrogens is 1. The van der Waals surface area contributed by atoms with Crippen LogP contribution in [0.3, 0.4) is 0 Å². The number of hydrogen-bond donors (Lipinski definition) is 14. The number of nitrogens with zero attached hydrogens (tertiary/aromatic N) is 3. The van der Waals surface area contributed by atoms with E-state index in [1.54, 1.807) is 12.3 Å². The molecule has 0 aliphatic carbocycles. The standard InChI is InChI=1S/C34H56N16O7/c35-20(11-12-26(36)51)27(52)47-22(8-3-13-43-32(37)38)28(53)48-23(9-4-14-44-33(39)40)29(54)49-24(10-5-15-45-34(41)42)30(55)50-25(31(56)57)16-18-17-46-21-7-2-1-6-19(18)21/h1-2,6-7,17,20,22-25,46H,3-5,8-16,35H2,(H2,36,51)(H,47,52)(H,48,53)(H,49,54)(H,50,55)(H,56,57)(H4,37,38,43)(H4,39,40,44)(H4,41,42,45)/t20-,22-,23-,24-,25-/m0/s1. The number of hydrogen-bond acceptors (Lipinski definition) is 10. The average Bonchev–Trinajstić information content (AvgIpc) is 3.55. The number of aliphatic carboxylic acids is 1. The minimum Gasteiger partial charge on any atom is -0.480 e. The fraction of sp³-hybridized carbons (Fsp3) is 0.500. The molecule has 0 spiro atoms. The molecule has 0 saturated heterocycles. The summed E-state index contributed by atoms with van der Waals surface area (Å²) in [4.78, 5) is 92.7. The number of carboxylic acid groups (broad SMARTS) is 1. The summed E-state index contributed by atoms with van der Waals surface area (Å²) >= 11 is 0. The number of nitrogens with two attached hydrogens (primary N) is 8. The zero-order valence-electron chi connectivity index (χ0n) is 31.6. The van der Waals surface area contributed by atoms with Crippen LogP contribution in [0.1, 0.15) is 56.9 Å². The van der Waals surface area contributed by atoms with Crippen LogP contribution in [0, 0.1) is 0 Å². The van der Waals surface area contributed by atoms with Gasteiger partial charge in [0.25, 0.3) is 0 Å². The normalized spacial score (nSPS) is 13.4. The zero-order valence-corrected chi connectivity index (χ0v) is 31.6. The van der Waals surface area contributed by atoms with Crippen molar-refractivity contribution in [3.8, 4) is 0 Å². The summed E-state index contributed by atoms with van der Waals surface area (Å²) in [7, 11) is 0. The third kappa shape index (κ3) is 17.6. The third-order valence-corrected chi connectivity index (χ3v) is 8.49. The third-order valence-electron chi connectivity index (χ3n) is 8.49. The van der Waals surface area contributed by atoms with Crippen LogP contribution in [-0.2, 0) is 35.2 Å². The first-order valence-electron chi connectivity index (χ1n) is 18.2. The van der Waals surface area contributed by atoms with Gasteiger partial charge >= 0.3 is 5.97 Å². The highest BCUT2D eigenvalue weighted by Gasteiger charge is 2.32. The zero-order chi connectivity index (χ0) is 42.5. The van der Waals surface area contributed by atoms with Crippen molar-refractivity contribution in [2.75, 3.05) is 19.6 Å². The molecule has 5 atom stereocenters. The Morgan fingerprint density at radius 2 is 1.04 bits per heavy atom. The number of rotatable bonds is 26. The lowest BCUT2D eigenvalue weighted by atomic mass is 10.0. The molecule has 22 N–H and O–H groups in total. The molecule has 0 aliphatic rings. The molecule has 1 heterocycles. The first kappa shape index (κ1) is 46.5. The summed E-state index contributed by atoms with van der Waals surface area (Å²) in [5.74, 6) is -5.75. The smallest absolute Gasteiger partial charge is 0.326 e. The molecule has 1 aromatic carbocycles. The first-order chi connectivity index (χ1) is 27.0. The first-order valence-corrected chi connectivity index (χ1v) is 18.2. The molecule has 0 aliphatic heterocycles. The molecule has 0 unspecified atom stereocenters. The van der Waals surface area contributed by atoms with Crippen molar-refractivity contribution < 1.29 is 33.9 Å². The molecular weight excluding hydrogens is 744 g/mol. The molecule has 314 valence electrons. The number of carboxylic acids is 1. The van der Waals surface area contributed by atoms with Crippen molar-refractivity contribution in [1.29, 1.82) is 0 Å². The van der Waals surface area contributed by atoms with Crippen LogP contribution in [0.25, 0.3) is 10.9 Å². The van der Waals surface area contributed by atoms with Gasteiger partial charge in [0.05, 0.1) is 6.04 Å². The van der Waals surface area contributed by atoms with E-state index in [2.05, 4.69) is 41.2 Å². The Hall–Kier alpha value is -6.65. The molecule has 0 fully saturated rings. The van der Waals surface area contributed by atoms with Gasteiger partial charge in [-0.2, -0.15) is 0 Å². The van der Waals surface area contributed by atoms with E-state index in [0.29, 0.717) is 5.56 Å². The molecular formula is C34H56N16O7. The lowest BCUT2D eigenvalue weighted by Gasteiger charge is -2.26. The summed E-state index contributed by atoms with van der Waals surface area (Å²) < 4.78 is 0. The molecule has 23 heteroatoms. The van der Waals surface area contributed by atoms with E-state index in [4.69, 9.17) is 45.9 Å². The van der Waals surface area contributed by atoms with Gasteiger partial charge in [-0.3, -0.25) is 38.9 Å². The van der Waals surface area contributed by atoms with E-state index in [1.165, 1.54) is 0 Å². The van der Waals surface area contributed by atoms with E-state index in [9.17, 15) is 33.9 Å². The highest BCUT2D eigenvalue weighted by molar-refractivity contribution is 5.96. The number of H-pyrrole nitrogens is 1. The van der Waals surface area contributed by atoms with Gasteiger partial charge in [0, 0.05) is 49.6 Å². The number of para-hydroxylation sites is 1. The number of primary amides is 1. The second kappa shape index (κ2) is 24.0. The fourth-order valence-corrected chi connectivity index (χ4v) is 5.56. The monoisotopic (exact) mass is 800 g/mol. The van der Waals surface area contributed by atoms with Crippen molar-refractivity contribution in [3.63, 3.8) is 0 Å². The molecule has 0 radical (unpaired) electrons. The van der Waals surface area contributed by atoms with Crippen molar-refractivity contribution in [2.24, 2.45) is 60.8 Å². The number of fused-ring (bicyclic) bond motifs is 1. The maximum absolute atomic E-state index is 13.9. The van der Waals surface area contributed by atoms with Gasteiger partial charge < -0.3 is 77.2 Å². The van der Waals surface area contributed by atoms with Gasteiger partial charge in [-0.05, 0) is 56.6 Å². The number of carbonyl (C=O) groups excluding carboxylic acids is 5. The van der Waals surface area contributed by atoms with E-state index in [1.807, 2.05) is 18.2 Å². The van der Waals surface area contributed by atoms with Gasteiger partial charge in [-0.15, -0.1) is 0 Å². The Bertz CT molecular complexity index is 1770. The van der Waals surface area contributed by atoms with Crippen LogP contribution < -0.4 is 67.1 Å². The molecule has 5 amide bonds. The summed E-state index contributed by atoms with van der Waals surface area (Å²) in [5.41, 5.74) is 45.1. The van der Waals surface area contributed by atoms with Crippen molar-refractivity contribution in [1.82, 2.24) is 26.3 Å². The van der Waals surface area contributed by atoms with E-state index < -0.39 is 65.7 Å². The summed E-state index contributed by atoms with van der Waals surface area (Å²) in [5, 5.41) is 21.2. The van der Waals surface area contributed by atoms with Gasteiger partial charge in [-0.25, -0.2) is 4.79 Å². The Morgan fingerprint density at radius 3 is 1.46 bits per heavy atom. The number of guanidine groups is 3. The molecule has 23 nitrogen and oxygen atoms in total. The maximum atomic E-state index is 13.9. The predicted molar refractivity (Wildman–Crippen MR) is 213 cm³/mol. The van der Waals surface area contributed by atoms with Gasteiger partial charge in [0.15, 0.2) is 17.9 Å². The quantitative estimate of drug-likeness (QED) is 0.0242. The predicted octanol–water partition coefficient (Wildman–Crippen LogP) is -4.51. The second-order valence-corrected chi connectivity index (χ2v) is 13.1. The van der Waals surface area contributed by atoms with E-state index >= 15 is 0 Å². The molecule has 57 heavy (non-hydrogen) atoms.